The van der Waals surface area contributed by atoms with Crippen LogP contribution in [0.5, 0.6) is 0 Å². The molecule has 4 heteroatoms. The summed E-state index contributed by atoms with van der Waals surface area (Å²) in [5, 5.41) is 0. The van der Waals surface area contributed by atoms with E-state index in [4.69, 9.17) is 11.5 Å². The van der Waals surface area contributed by atoms with Gasteiger partial charge in [-0.05, 0) is 12.8 Å². The van der Waals surface area contributed by atoms with Crippen molar-refractivity contribution in [2.24, 2.45) is 17.4 Å². The number of hydrogen-bond donors (Lipinski definition) is 2. The first kappa shape index (κ1) is 10.5. The van der Waals surface area contributed by atoms with Gasteiger partial charge in [0.2, 0.25) is 5.91 Å². The number of rotatable bonds is 2. The van der Waals surface area contributed by atoms with Crippen molar-refractivity contribution in [2.75, 3.05) is 19.6 Å². The van der Waals surface area contributed by atoms with E-state index in [9.17, 15) is 4.79 Å². The van der Waals surface area contributed by atoms with Crippen molar-refractivity contribution in [3.05, 3.63) is 0 Å². The molecule has 1 rings (SSSR count). The fraction of sp³-hybridized carbons (Fsp3) is 0.889. The minimum absolute atomic E-state index is 0.0645. The van der Waals surface area contributed by atoms with Gasteiger partial charge in [0.05, 0.1) is 0 Å². The van der Waals surface area contributed by atoms with E-state index >= 15 is 0 Å². The van der Waals surface area contributed by atoms with Crippen molar-refractivity contribution in [3.8, 4) is 0 Å². The van der Waals surface area contributed by atoms with Crippen LogP contribution in [0, 0.1) is 5.92 Å². The summed E-state index contributed by atoms with van der Waals surface area (Å²) in [5.41, 5.74) is 11.2. The van der Waals surface area contributed by atoms with Crippen LogP contribution in [0.15, 0.2) is 0 Å². The van der Waals surface area contributed by atoms with Gasteiger partial charge < -0.3 is 16.4 Å². The number of nitrogens with zero attached hydrogens (tertiary/aromatic N) is 1. The smallest absolute Gasteiger partial charge is 0.226 e. The van der Waals surface area contributed by atoms with Gasteiger partial charge in [-0.3, -0.25) is 4.79 Å². The molecule has 0 spiro atoms. The largest absolute Gasteiger partial charge is 0.341 e. The molecule has 4 N–H and O–H groups in total. The van der Waals surface area contributed by atoms with Crippen molar-refractivity contribution in [3.63, 3.8) is 0 Å². The number of carbonyl (C=O) groups excluding carboxylic acids is 1. The SMILES string of the molecule is CC(CN)C(=O)N1CCCC(N)C1. The summed E-state index contributed by atoms with van der Waals surface area (Å²) >= 11 is 0. The predicted molar refractivity (Wildman–Crippen MR) is 52.0 cm³/mol. The number of piperidine rings is 1. The van der Waals surface area contributed by atoms with Crippen LogP contribution in [0.3, 0.4) is 0 Å². The minimum atomic E-state index is -0.0645. The van der Waals surface area contributed by atoms with Crippen LogP contribution >= 0.6 is 0 Å². The van der Waals surface area contributed by atoms with Crippen LogP contribution in [0.4, 0.5) is 0 Å². The number of nitrogens with two attached hydrogens (primary N) is 2. The number of hydrogen-bond acceptors (Lipinski definition) is 3. The molecule has 13 heavy (non-hydrogen) atoms. The van der Waals surface area contributed by atoms with E-state index in [2.05, 4.69) is 0 Å². The molecule has 1 fully saturated rings. The zero-order valence-corrected chi connectivity index (χ0v) is 8.20. The van der Waals surface area contributed by atoms with E-state index < -0.39 is 0 Å². The molecule has 1 aliphatic heterocycles. The molecule has 76 valence electrons. The molecule has 1 aliphatic rings. The third-order valence-corrected chi connectivity index (χ3v) is 2.54. The van der Waals surface area contributed by atoms with Gasteiger partial charge in [0.25, 0.3) is 0 Å². The van der Waals surface area contributed by atoms with Crippen LogP contribution in [-0.2, 0) is 4.79 Å². The summed E-state index contributed by atoms with van der Waals surface area (Å²) in [4.78, 5) is 13.5. The lowest BCUT2D eigenvalue weighted by molar-refractivity contribution is -0.135. The Morgan fingerprint density at radius 2 is 2.38 bits per heavy atom. The maximum atomic E-state index is 11.7. The first-order valence-corrected chi connectivity index (χ1v) is 4.89. The minimum Gasteiger partial charge on any atom is -0.341 e. The molecule has 0 aromatic heterocycles. The van der Waals surface area contributed by atoms with Gasteiger partial charge >= 0.3 is 0 Å². The Labute approximate surface area is 79.3 Å². The molecule has 0 aromatic rings. The molecule has 1 heterocycles. The molecular weight excluding hydrogens is 166 g/mol. The second-order valence-corrected chi connectivity index (χ2v) is 3.82. The van der Waals surface area contributed by atoms with Gasteiger partial charge in [0.1, 0.15) is 0 Å². The summed E-state index contributed by atoms with van der Waals surface area (Å²) in [6, 6.07) is 0.155. The van der Waals surface area contributed by atoms with Gasteiger partial charge in [-0.15, -0.1) is 0 Å². The van der Waals surface area contributed by atoms with Crippen LogP contribution in [0.1, 0.15) is 19.8 Å². The third kappa shape index (κ3) is 2.67. The molecule has 0 aliphatic carbocycles. The molecule has 0 aromatic carbocycles. The average molecular weight is 185 g/mol. The van der Waals surface area contributed by atoms with Crippen molar-refractivity contribution in [2.45, 2.75) is 25.8 Å². The van der Waals surface area contributed by atoms with Gasteiger partial charge in [0.15, 0.2) is 0 Å². The predicted octanol–water partition coefficient (Wildman–Crippen LogP) is -0.469. The van der Waals surface area contributed by atoms with Crippen molar-refractivity contribution in [1.29, 1.82) is 0 Å². The summed E-state index contributed by atoms with van der Waals surface area (Å²) in [6.45, 7) is 3.83. The van der Waals surface area contributed by atoms with Gasteiger partial charge in [-0.1, -0.05) is 6.92 Å². The van der Waals surface area contributed by atoms with E-state index in [0.717, 1.165) is 19.4 Å². The maximum absolute atomic E-state index is 11.7. The standard InChI is InChI=1S/C9H19N3O/c1-7(5-10)9(13)12-4-2-3-8(11)6-12/h7-8H,2-6,10-11H2,1H3. The molecule has 1 amide bonds. The lowest BCUT2D eigenvalue weighted by Gasteiger charge is -2.32. The third-order valence-electron chi connectivity index (χ3n) is 2.54. The van der Waals surface area contributed by atoms with Gasteiger partial charge in [0, 0.05) is 31.6 Å². The Morgan fingerprint density at radius 3 is 2.92 bits per heavy atom. The Bertz CT molecular complexity index is 184. The highest BCUT2D eigenvalue weighted by Gasteiger charge is 2.23. The Balaban J connectivity index is 2.46. The van der Waals surface area contributed by atoms with E-state index in [1.807, 2.05) is 11.8 Å². The van der Waals surface area contributed by atoms with E-state index in [1.54, 1.807) is 0 Å². The lowest BCUT2D eigenvalue weighted by atomic mass is 10.0. The fourth-order valence-electron chi connectivity index (χ4n) is 1.62. The molecule has 4 nitrogen and oxygen atoms in total. The van der Waals surface area contributed by atoms with Crippen molar-refractivity contribution >= 4 is 5.91 Å². The molecule has 0 saturated carbocycles. The Morgan fingerprint density at radius 1 is 1.69 bits per heavy atom. The molecule has 0 radical (unpaired) electrons. The first-order valence-electron chi connectivity index (χ1n) is 4.89. The van der Waals surface area contributed by atoms with E-state index in [-0.39, 0.29) is 17.9 Å². The highest BCUT2D eigenvalue weighted by molar-refractivity contribution is 5.78. The topological polar surface area (TPSA) is 72.4 Å². The van der Waals surface area contributed by atoms with Crippen molar-refractivity contribution in [1.82, 2.24) is 4.90 Å². The van der Waals surface area contributed by atoms with Crippen LogP contribution in [0.2, 0.25) is 0 Å². The van der Waals surface area contributed by atoms with Crippen molar-refractivity contribution < 1.29 is 4.79 Å². The normalized spacial score (nSPS) is 25.8. The summed E-state index contributed by atoms with van der Waals surface area (Å²) in [5.74, 6) is 0.0861. The highest BCUT2D eigenvalue weighted by atomic mass is 16.2. The second-order valence-electron chi connectivity index (χ2n) is 3.82. The van der Waals surface area contributed by atoms with E-state index in [0.29, 0.717) is 13.1 Å². The molecule has 2 unspecified atom stereocenters. The van der Waals surface area contributed by atoms with Crippen LogP contribution in [0.25, 0.3) is 0 Å². The summed E-state index contributed by atoms with van der Waals surface area (Å²) < 4.78 is 0. The number of carbonyl (C=O) groups is 1. The summed E-state index contributed by atoms with van der Waals surface area (Å²) in [6.07, 6.45) is 2.05. The summed E-state index contributed by atoms with van der Waals surface area (Å²) in [7, 11) is 0. The number of likely N-dealkylation sites (tertiary alicyclic amines) is 1. The Hall–Kier alpha value is -0.610. The first-order chi connectivity index (χ1) is 6.15. The number of amides is 1. The van der Waals surface area contributed by atoms with Crippen LogP contribution < -0.4 is 11.5 Å². The second kappa shape index (κ2) is 4.58. The zero-order valence-electron chi connectivity index (χ0n) is 8.20. The maximum Gasteiger partial charge on any atom is 0.226 e. The quantitative estimate of drug-likeness (QED) is 0.611. The zero-order chi connectivity index (χ0) is 9.84. The molecule has 0 bridgehead atoms. The van der Waals surface area contributed by atoms with Crippen LogP contribution in [-0.4, -0.2) is 36.5 Å². The van der Waals surface area contributed by atoms with Gasteiger partial charge in [-0.2, -0.15) is 0 Å². The monoisotopic (exact) mass is 185 g/mol. The molecular formula is C9H19N3O. The molecule has 2 atom stereocenters. The molecule has 1 saturated heterocycles. The highest BCUT2D eigenvalue weighted by Crippen LogP contribution is 2.11. The van der Waals surface area contributed by atoms with E-state index in [1.165, 1.54) is 0 Å². The fourth-order valence-corrected chi connectivity index (χ4v) is 1.62. The Kier molecular flexibility index (Phi) is 3.69. The lowest BCUT2D eigenvalue weighted by Crippen LogP contribution is -2.48. The van der Waals surface area contributed by atoms with Gasteiger partial charge in [-0.25, -0.2) is 0 Å². The average Bonchev–Trinajstić information content (AvgIpc) is 2.15.